The molecular formula is C23H24ClN3O2. The number of carbonyl (C=O) groups excluding carboxylic acids is 1. The number of amides is 1. The number of aliphatic hydroxyl groups is 1. The quantitative estimate of drug-likeness (QED) is 0.693. The molecule has 1 saturated carbocycles. The predicted octanol–water partition coefficient (Wildman–Crippen LogP) is 4.08. The third-order valence-electron chi connectivity index (χ3n) is 6.73. The van der Waals surface area contributed by atoms with Crippen LogP contribution in [0.4, 0.5) is 0 Å². The van der Waals surface area contributed by atoms with Gasteiger partial charge in [-0.25, -0.2) is 4.98 Å². The third kappa shape index (κ3) is 3.13. The van der Waals surface area contributed by atoms with E-state index in [4.69, 9.17) is 11.6 Å². The summed E-state index contributed by atoms with van der Waals surface area (Å²) in [5, 5.41) is 11.5. The lowest BCUT2D eigenvalue weighted by atomic mass is 9.77. The Morgan fingerprint density at radius 2 is 1.86 bits per heavy atom. The molecule has 29 heavy (non-hydrogen) atoms. The van der Waals surface area contributed by atoms with E-state index in [9.17, 15) is 9.90 Å². The largest absolute Gasteiger partial charge is 0.391 e. The van der Waals surface area contributed by atoms with E-state index < -0.39 is 6.10 Å². The van der Waals surface area contributed by atoms with Crippen LogP contribution in [0.15, 0.2) is 48.8 Å². The minimum absolute atomic E-state index is 0.00777. The van der Waals surface area contributed by atoms with E-state index in [1.807, 2.05) is 60.6 Å². The van der Waals surface area contributed by atoms with Gasteiger partial charge in [-0.1, -0.05) is 29.8 Å². The maximum absolute atomic E-state index is 13.1. The van der Waals surface area contributed by atoms with Crippen LogP contribution < -0.4 is 0 Å². The van der Waals surface area contributed by atoms with Crippen molar-refractivity contribution in [2.75, 3.05) is 13.1 Å². The zero-order valence-corrected chi connectivity index (χ0v) is 17.1. The van der Waals surface area contributed by atoms with Gasteiger partial charge in [0, 0.05) is 23.7 Å². The van der Waals surface area contributed by atoms with Gasteiger partial charge in [-0.05, 0) is 61.4 Å². The molecule has 0 bridgehead atoms. The van der Waals surface area contributed by atoms with E-state index in [0.717, 1.165) is 29.6 Å². The summed E-state index contributed by atoms with van der Waals surface area (Å²) in [5.41, 5.74) is 3.50. The molecule has 0 unspecified atom stereocenters. The van der Waals surface area contributed by atoms with Gasteiger partial charge in [0.2, 0.25) is 0 Å². The average Bonchev–Trinajstić information content (AvgIpc) is 3.32. The van der Waals surface area contributed by atoms with Crippen molar-refractivity contribution in [1.29, 1.82) is 0 Å². The second kappa shape index (κ2) is 7.15. The number of carbonyl (C=O) groups is 1. The maximum atomic E-state index is 13.1. The second-order valence-electron chi connectivity index (χ2n) is 8.39. The average molecular weight is 410 g/mol. The SMILES string of the molecule is Cc1c(Cl)cccc1C(=O)N1C[C@H]2C[C@@H](n3cnc4ccccc43)[C@H](O)C[C@H]2C1. The first-order chi connectivity index (χ1) is 14.0. The monoisotopic (exact) mass is 409 g/mol. The van der Waals surface area contributed by atoms with Crippen LogP contribution in [0.3, 0.4) is 0 Å². The lowest BCUT2D eigenvalue weighted by Crippen LogP contribution is -2.36. The fraction of sp³-hybridized carbons (Fsp3) is 0.391. The van der Waals surface area contributed by atoms with Crippen LogP contribution in [0.1, 0.15) is 34.8 Å². The first-order valence-corrected chi connectivity index (χ1v) is 10.5. The van der Waals surface area contributed by atoms with Gasteiger partial charge < -0.3 is 14.6 Å². The van der Waals surface area contributed by atoms with Gasteiger partial charge in [0.1, 0.15) is 0 Å². The summed E-state index contributed by atoms with van der Waals surface area (Å²) in [6.07, 6.45) is 2.97. The topological polar surface area (TPSA) is 58.4 Å². The van der Waals surface area contributed by atoms with Crippen molar-refractivity contribution in [3.8, 4) is 0 Å². The van der Waals surface area contributed by atoms with Crippen molar-refractivity contribution in [2.24, 2.45) is 11.8 Å². The van der Waals surface area contributed by atoms with Crippen molar-refractivity contribution in [1.82, 2.24) is 14.5 Å². The minimum Gasteiger partial charge on any atom is -0.391 e. The molecular weight excluding hydrogens is 386 g/mol. The Balaban J connectivity index is 1.37. The number of hydrogen-bond acceptors (Lipinski definition) is 3. The van der Waals surface area contributed by atoms with Crippen molar-refractivity contribution in [3.63, 3.8) is 0 Å². The number of halogens is 1. The molecule has 1 amide bonds. The molecule has 5 nitrogen and oxygen atoms in total. The number of benzene rings is 2. The lowest BCUT2D eigenvalue weighted by molar-refractivity contribution is 0.0374. The van der Waals surface area contributed by atoms with Gasteiger partial charge in [0.25, 0.3) is 5.91 Å². The number of nitrogens with zero attached hydrogens (tertiary/aromatic N) is 3. The van der Waals surface area contributed by atoms with E-state index in [1.54, 1.807) is 0 Å². The molecule has 2 aromatic carbocycles. The standard InChI is InChI=1S/C23H24ClN3O2/c1-14-17(5-4-6-18(14)24)23(29)26-11-15-9-21(22(28)10-16(15)12-26)27-13-25-19-7-2-3-8-20(19)27/h2-8,13,15-16,21-22,28H,9-12H2,1H3/t15-,16+,21-,22-/m1/s1. The van der Waals surface area contributed by atoms with Gasteiger partial charge in [-0.2, -0.15) is 0 Å². The molecule has 1 aromatic heterocycles. The summed E-state index contributed by atoms with van der Waals surface area (Å²) in [6, 6.07) is 13.5. The molecule has 2 aliphatic rings. The van der Waals surface area contributed by atoms with E-state index >= 15 is 0 Å². The van der Waals surface area contributed by atoms with Gasteiger partial charge in [-0.3, -0.25) is 4.79 Å². The van der Waals surface area contributed by atoms with Gasteiger partial charge in [-0.15, -0.1) is 0 Å². The molecule has 4 atom stereocenters. The summed E-state index contributed by atoms with van der Waals surface area (Å²) >= 11 is 6.22. The molecule has 1 aliphatic heterocycles. The molecule has 1 saturated heterocycles. The van der Waals surface area contributed by atoms with Crippen LogP contribution in [0, 0.1) is 18.8 Å². The Kier molecular flexibility index (Phi) is 4.60. The first kappa shape index (κ1) is 18.6. The van der Waals surface area contributed by atoms with Crippen molar-refractivity contribution < 1.29 is 9.90 Å². The molecule has 0 radical (unpaired) electrons. The van der Waals surface area contributed by atoms with E-state index in [1.165, 1.54) is 0 Å². The number of hydrogen-bond donors (Lipinski definition) is 1. The van der Waals surface area contributed by atoms with E-state index in [2.05, 4.69) is 9.55 Å². The van der Waals surface area contributed by atoms with Crippen LogP contribution in [0.25, 0.3) is 11.0 Å². The van der Waals surface area contributed by atoms with Crippen molar-refractivity contribution >= 4 is 28.5 Å². The number of imidazole rings is 1. The maximum Gasteiger partial charge on any atom is 0.254 e. The van der Waals surface area contributed by atoms with Gasteiger partial charge >= 0.3 is 0 Å². The smallest absolute Gasteiger partial charge is 0.254 e. The second-order valence-corrected chi connectivity index (χ2v) is 8.80. The predicted molar refractivity (Wildman–Crippen MR) is 113 cm³/mol. The van der Waals surface area contributed by atoms with Crippen LogP contribution in [0.2, 0.25) is 5.02 Å². The fourth-order valence-corrected chi connectivity index (χ4v) is 5.30. The molecule has 2 fully saturated rings. The normalized spacial score (nSPS) is 26.7. The molecule has 6 heteroatoms. The zero-order chi connectivity index (χ0) is 20.1. The van der Waals surface area contributed by atoms with Crippen LogP contribution in [-0.2, 0) is 0 Å². The molecule has 5 rings (SSSR count). The third-order valence-corrected chi connectivity index (χ3v) is 7.14. The highest BCUT2D eigenvalue weighted by molar-refractivity contribution is 6.31. The van der Waals surface area contributed by atoms with Crippen LogP contribution in [0.5, 0.6) is 0 Å². The molecule has 3 aromatic rings. The summed E-state index contributed by atoms with van der Waals surface area (Å²) in [4.78, 5) is 19.5. The molecule has 1 N–H and O–H groups in total. The summed E-state index contributed by atoms with van der Waals surface area (Å²) < 4.78 is 2.11. The number of aromatic nitrogens is 2. The van der Waals surface area contributed by atoms with Crippen LogP contribution >= 0.6 is 11.6 Å². The molecule has 0 spiro atoms. The Morgan fingerprint density at radius 3 is 2.69 bits per heavy atom. The van der Waals surface area contributed by atoms with E-state index in [-0.39, 0.29) is 11.9 Å². The van der Waals surface area contributed by atoms with Gasteiger partial charge in [0.05, 0.1) is 29.5 Å². The lowest BCUT2D eigenvalue weighted by Gasteiger charge is -2.36. The number of aliphatic hydroxyl groups excluding tert-OH is 1. The number of rotatable bonds is 2. The van der Waals surface area contributed by atoms with Crippen molar-refractivity contribution in [3.05, 3.63) is 64.9 Å². The zero-order valence-electron chi connectivity index (χ0n) is 16.3. The molecule has 150 valence electrons. The summed E-state index contributed by atoms with van der Waals surface area (Å²) in [5.74, 6) is 0.756. The first-order valence-electron chi connectivity index (χ1n) is 10.2. The van der Waals surface area contributed by atoms with Crippen molar-refractivity contribution in [2.45, 2.75) is 31.9 Å². The number of likely N-dealkylation sites (tertiary alicyclic amines) is 1. The number of para-hydroxylation sites is 2. The highest BCUT2D eigenvalue weighted by atomic mass is 35.5. The number of fused-ring (bicyclic) bond motifs is 2. The molecule has 2 heterocycles. The Hall–Kier alpha value is -2.37. The summed E-state index contributed by atoms with van der Waals surface area (Å²) in [6.45, 7) is 3.32. The Labute approximate surface area is 174 Å². The highest BCUT2D eigenvalue weighted by Crippen LogP contribution is 2.42. The summed E-state index contributed by atoms with van der Waals surface area (Å²) in [7, 11) is 0. The fourth-order valence-electron chi connectivity index (χ4n) is 5.12. The van der Waals surface area contributed by atoms with Crippen LogP contribution in [-0.4, -0.2) is 44.7 Å². The Bertz CT molecular complexity index is 1080. The van der Waals surface area contributed by atoms with Gasteiger partial charge in [0.15, 0.2) is 0 Å². The highest BCUT2D eigenvalue weighted by Gasteiger charge is 2.44. The minimum atomic E-state index is -0.434. The van der Waals surface area contributed by atoms with E-state index in [0.29, 0.717) is 35.4 Å². The molecule has 1 aliphatic carbocycles. The Morgan fingerprint density at radius 1 is 1.10 bits per heavy atom.